The van der Waals surface area contributed by atoms with Crippen LogP contribution in [-0.2, 0) is 14.3 Å². The number of Topliss-reactive ketones (excluding diaryl/α,β-unsaturated/α-hetero) is 1. The maximum atomic E-state index is 13.5. The van der Waals surface area contributed by atoms with Crippen molar-refractivity contribution in [2.75, 3.05) is 46.0 Å². The van der Waals surface area contributed by atoms with Crippen LogP contribution in [0.2, 0.25) is 0 Å². The SMILES string of the molecule is C=CCOc1cccc(C2/C(=C(\O)c3c(C)nc4ccccn34)C(=O)C(=O)N2CCCN2CCOCC2)c1. The van der Waals surface area contributed by atoms with Gasteiger partial charge in [0, 0.05) is 32.4 Å². The van der Waals surface area contributed by atoms with Gasteiger partial charge in [-0.2, -0.15) is 0 Å². The predicted molar refractivity (Wildman–Crippen MR) is 143 cm³/mol. The summed E-state index contributed by atoms with van der Waals surface area (Å²) in [5, 5.41) is 11.6. The standard InChI is InChI=1S/C29H32N4O5/c1-3-16-38-22-9-6-8-21(19-22)26-24(27(34)25-20(2)30-23-10-4-5-12-32(23)25)28(35)29(36)33(26)13-7-11-31-14-17-37-18-15-31/h3-6,8-10,12,19,26,34H,1,7,11,13-18H2,2H3/b27-24+. The van der Waals surface area contributed by atoms with Crippen molar-refractivity contribution < 1.29 is 24.2 Å². The first-order valence-electron chi connectivity index (χ1n) is 12.9. The quantitative estimate of drug-likeness (QED) is 0.202. The second kappa shape index (κ2) is 11.2. The Kier molecular flexibility index (Phi) is 7.57. The van der Waals surface area contributed by atoms with Gasteiger partial charge in [0.2, 0.25) is 0 Å². The van der Waals surface area contributed by atoms with E-state index in [9.17, 15) is 14.7 Å². The molecule has 2 saturated heterocycles. The van der Waals surface area contributed by atoms with Crippen molar-refractivity contribution in [3.8, 4) is 5.75 Å². The Morgan fingerprint density at radius 1 is 1.18 bits per heavy atom. The number of aliphatic hydroxyl groups is 1. The third-order valence-corrected chi connectivity index (χ3v) is 6.99. The lowest BCUT2D eigenvalue weighted by molar-refractivity contribution is -0.140. The van der Waals surface area contributed by atoms with E-state index in [1.807, 2.05) is 42.5 Å². The van der Waals surface area contributed by atoms with Crippen molar-refractivity contribution in [1.82, 2.24) is 19.2 Å². The van der Waals surface area contributed by atoms with Crippen LogP contribution >= 0.6 is 0 Å². The third-order valence-electron chi connectivity index (χ3n) is 6.99. The highest BCUT2D eigenvalue weighted by atomic mass is 16.5. The van der Waals surface area contributed by atoms with Crippen LogP contribution in [0, 0.1) is 6.92 Å². The molecular weight excluding hydrogens is 484 g/mol. The van der Waals surface area contributed by atoms with Crippen molar-refractivity contribution in [3.05, 3.63) is 83.8 Å². The molecular formula is C29H32N4O5. The topological polar surface area (TPSA) is 96.6 Å². The van der Waals surface area contributed by atoms with Gasteiger partial charge in [-0.05, 0) is 43.2 Å². The van der Waals surface area contributed by atoms with E-state index in [1.165, 1.54) is 0 Å². The van der Waals surface area contributed by atoms with Gasteiger partial charge in [-0.15, -0.1) is 0 Å². The number of ketones is 1. The number of hydrogen-bond donors (Lipinski definition) is 1. The van der Waals surface area contributed by atoms with Crippen LogP contribution in [0.3, 0.4) is 0 Å². The smallest absolute Gasteiger partial charge is 0.295 e. The minimum absolute atomic E-state index is 0.0518. The molecule has 1 aromatic carbocycles. The van der Waals surface area contributed by atoms with Gasteiger partial charge in [-0.3, -0.25) is 18.9 Å². The van der Waals surface area contributed by atoms with Crippen molar-refractivity contribution in [3.63, 3.8) is 0 Å². The Morgan fingerprint density at radius 2 is 2.00 bits per heavy atom. The molecule has 0 radical (unpaired) electrons. The number of amides is 1. The Balaban J connectivity index is 1.56. The van der Waals surface area contributed by atoms with Crippen LogP contribution in [0.5, 0.6) is 5.75 Å². The van der Waals surface area contributed by atoms with Gasteiger partial charge in [0.1, 0.15) is 23.7 Å². The van der Waals surface area contributed by atoms with Crippen molar-refractivity contribution >= 4 is 23.1 Å². The van der Waals surface area contributed by atoms with E-state index < -0.39 is 17.7 Å². The fourth-order valence-corrected chi connectivity index (χ4v) is 5.20. The van der Waals surface area contributed by atoms with Gasteiger partial charge >= 0.3 is 0 Å². The molecule has 0 spiro atoms. The normalized spacial score (nSPS) is 19.8. The van der Waals surface area contributed by atoms with Crippen molar-refractivity contribution in [1.29, 1.82) is 0 Å². The van der Waals surface area contributed by atoms with E-state index in [0.717, 1.165) is 19.6 Å². The van der Waals surface area contributed by atoms with E-state index in [2.05, 4.69) is 16.5 Å². The van der Waals surface area contributed by atoms with Crippen molar-refractivity contribution in [2.45, 2.75) is 19.4 Å². The van der Waals surface area contributed by atoms with Gasteiger partial charge in [0.15, 0.2) is 5.76 Å². The minimum atomic E-state index is -0.763. The zero-order valence-electron chi connectivity index (χ0n) is 21.5. The molecule has 4 heterocycles. The lowest BCUT2D eigenvalue weighted by atomic mass is 9.96. The Hall–Kier alpha value is -3.95. The lowest BCUT2D eigenvalue weighted by Gasteiger charge is -2.29. The number of rotatable bonds is 9. The highest BCUT2D eigenvalue weighted by molar-refractivity contribution is 6.46. The summed E-state index contributed by atoms with van der Waals surface area (Å²) in [7, 11) is 0. The maximum absolute atomic E-state index is 13.5. The molecule has 9 heteroatoms. The molecule has 2 aliphatic rings. The molecule has 2 aromatic heterocycles. The summed E-state index contributed by atoms with van der Waals surface area (Å²) < 4.78 is 12.9. The van der Waals surface area contributed by atoms with Crippen LogP contribution < -0.4 is 4.74 Å². The molecule has 1 atom stereocenters. The van der Waals surface area contributed by atoms with E-state index in [1.54, 1.807) is 28.5 Å². The minimum Gasteiger partial charge on any atom is -0.505 e. The lowest BCUT2D eigenvalue weighted by Crippen LogP contribution is -2.38. The summed E-state index contributed by atoms with van der Waals surface area (Å²) >= 11 is 0. The number of likely N-dealkylation sites (tertiary alicyclic amines) is 1. The molecule has 9 nitrogen and oxygen atoms in total. The molecule has 5 rings (SSSR count). The second-order valence-corrected chi connectivity index (χ2v) is 9.45. The first kappa shape index (κ1) is 25.7. The fourth-order valence-electron chi connectivity index (χ4n) is 5.20. The number of pyridine rings is 1. The molecule has 1 unspecified atom stereocenters. The van der Waals surface area contributed by atoms with Crippen LogP contribution in [0.15, 0.2) is 66.9 Å². The van der Waals surface area contributed by atoms with E-state index in [0.29, 0.717) is 61.1 Å². The first-order chi connectivity index (χ1) is 18.5. The highest BCUT2D eigenvalue weighted by Gasteiger charge is 2.46. The van der Waals surface area contributed by atoms with E-state index in [4.69, 9.17) is 9.47 Å². The zero-order valence-corrected chi connectivity index (χ0v) is 21.5. The molecule has 1 N–H and O–H groups in total. The number of ether oxygens (including phenoxy) is 2. The summed E-state index contributed by atoms with van der Waals surface area (Å²) in [6, 6.07) is 12.0. The molecule has 2 aliphatic heterocycles. The Morgan fingerprint density at radius 3 is 2.79 bits per heavy atom. The zero-order chi connectivity index (χ0) is 26.6. The van der Waals surface area contributed by atoms with Crippen LogP contribution in [0.25, 0.3) is 11.4 Å². The number of hydrogen-bond acceptors (Lipinski definition) is 7. The first-order valence-corrected chi connectivity index (χ1v) is 12.9. The van der Waals surface area contributed by atoms with Crippen LogP contribution in [0.4, 0.5) is 0 Å². The average Bonchev–Trinajstić information content (AvgIpc) is 3.40. The van der Waals surface area contributed by atoms with Gasteiger partial charge < -0.3 is 19.5 Å². The maximum Gasteiger partial charge on any atom is 0.295 e. The average molecular weight is 517 g/mol. The van der Waals surface area contributed by atoms with E-state index in [-0.39, 0.29) is 11.3 Å². The molecule has 38 heavy (non-hydrogen) atoms. The summed E-state index contributed by atoms with van der Waals surface area (Å²) in [5.41, 5.74) is 2.34. The number of morpholine rings is 1. The van der Waals surface area contributed by atoms with E-state index >= 15 is 0 Å². The molecule has 3 aromatic rings. The number of carbonyl (C=O) groups excluding carboxylic acids is 2. The van der Waals surface area contributed by atoms with Crippen LogP contribution in [-0.4, -0.2) is 82.0 Å². The molecule has 0 bridgehead atoms. The molecule has 198 valence electrons. The number of imidazole rings is 1. The molecule has 2 fully saturated rings. The second-order valence-electron chi connectivity index (χ2n) is 9.45. The summed E-state index contributed by atoms with van der Waals surface area (Å²) in [6.07, 6.45) is 4.12. The monoisotopic (exact) mass is 516 g/mol. The molecule has 0 saturated carbocycles. The van der Waals surface area contributed by atoms with Gasteiger partial charge in [0.25, 0.3) is 11.7 Å². The number of aryl methyl sites for hydroxylation is 1. The molecule has 0 aliphatic carbocycles. The summed E-state index contributed by atoms with van der Waals surface area (Å²) in [4.78, 5) is 35.3. The van der Waals surface area contributed by atoms with Gasteiger partial charge in [0.05, 0.1) is 30.5 Å². The largest absolute Gasteiger partial charge is 0.505 e. The van der Waals surface area contributed by atoms with Crippen LogP contribution in [0.1, 0.15) is 29.4 Å². The third kappa shape index (κ3) is 4.94. The number of fused-ring (bicyclic) bond motifs is 1. The molecule has 1 amide bonds. The van der Waals surface area contributed by atoms with Gasteiger partial charge in [-0.25, -0.2) is 4.98 Å². The number of aromatic nitrogens is 2. The number of nitrogens with zero attached hydrogens (tertiary/aromatic N) is 4. The number of benzene rings is 1. The highest BCUT2D eigenvalue weighted by Crippen LogP contribution is 2.41. The Bertz CT molecular complexity index is 1390. The number of carbonyl (C=O) groups is 2. The predicted octanol–water partition coefficient (Wildman–Crippen LogP) is 3.35. The van der Waals surface area contributed by atoms with Crippen molar-refractivity contribution in [2.24, 2.45) is 0 Å². The summed E-state index contributed by atoms with van der Waals surface area (Å²) in [6.45, 7) is 10.0. The fraction of sp³-hybridized carbons (Fsp3) is 0.345. The van der Waals surface area contributed by atoms with Gasteiger partial charge in [-0.1, -0.05) is 30.9 Å². The summed E-state index contributed by atoms with van der Waals surface area (Å²) in [5.74, 6) is -0.978. The Labute approximate surface area is 221 Å². The number of aliphatic hydroxyl groups excluding tert-OH is 1.